The van der Waals surface area contributed by atoms with Gasteiger partial charge in [0, 0.05) is 12.1 Å². The Morgan fingerprint density at radius 1 is 1.30 bits per heavy atom. The molecule has 0 unspecified atom stereocenters. The smallest absolute Gasteiger partial charge is 0.401 e. The Labute approximate surface area is 118 Å². The van der Waals surface area contributed by atoms with Crippen LogP contribution in [0.5, 0.6) is 0 Å². The Kier molecular flexibility index (Phi) is 6.55. The molecule has 0 bridgehead atoms. The second-order valence-electron chi connectivity index (χ2n) is 4.89. The largest absolute Gasteiger partial charge is 0.465 e. The molecule has 1 heterocycles. The van der Waals surface area contributed by atoms with Gasteiger partial charge in [0.1, 0.15) is 11.5 Å². The molecule has 1 aromatic heterocycles. The van der Waals surface area contributed by atoms with Crippen LogP contribution in [-0.4, -0.2) is 30.7 Å². The van der Waals surface area contributed by atoms with Gasteiger partial charge in [-0.25, -0.2) is 0 Å². The van der Waals surface area contributed by atoms with E-state index >= 15 is 0 Å². The Morgan fingerprint density at radius 2 is 2.00 bits per heavy atom. The van der Waals surface area contributed by atoms with Crippen LogP contribution in [-0.2, 0) is 13.1 Å². The van der Waals surface area contributed by atoms with Crippen molar-refractivity contribution in [1.82, 2.24) is 10.2 Å². The summed E-state index contributed by atoms with van der Waals surface area (Å²) >= 11 is 0. The van der Waals surface area contributed by atoms with Crippen molar-refractivity contribution < 1.29 is 17.6 Å². The molecule has 1 aromatic rings. The van der Waals surface area contributed by atoms with E-state index in [1.807, 2.05) is 13.0 Å². The van der Waals surface area contributed by atoms with Crippen LogP contribution in [0.4, 0.5) is 13.2 Å². The summed E-state index contributed by atoms with van der Waals surface area (Å²) < 4.78 is 42.8. The molecule has 0 spiro atoms. The predicted molar refractivity (Wildman–Crippen MR) is 72.4 cm³/mol. The molecule has 0 aliphatic heterocycles. The summed E-state index contributed by atoms with van der Waals surface area (Å²) in [5, 5.41) is 3.26. The van der Waals surface area contributed by atoms with E-state index in [9.17, 15) is 13.2 Å². The first-order valence-electron chi connectivity index (χ1n) is 6.93. The molecule has 0 atom stereocenters. The summed E-state index contributed by atoms with van der Waals surface area (Å²) in [6, 6.07) is 1.84. The molecular formula is C14H23F3N2O. The monoisotopic (exact) mass is 292 g/mol. The molecular weight excluding hydrogens is 269 g/mol. The van der Waals surface area contributed by atoms with Crippen LogP contribution in [0.1, 0.15) is 37.4 Å². The highest BCUT2D eigenvalue weighted by Crippen LogP contribution is 2.20. The number of rotatable bonds is 8. The zero-order chi connectivity index (χ0) is 15.2. The lowest BCUT2D eigenvalue weighted by atomic mass is 10.2. The molecule has 6 heteroatoms. The Balaban J connectivity index is 2.60. The third kappa shape index (κ3) is 5.96. The van der Waals surface area contributed by atoms with Crippen LogP contribution >= 0.6 is 0 Å². The summed E-state index contributed by atoms with van der Waals surface area (Å²) in [4.78, 5) is 1.32. The van der Waals surface area contributed by atoms with Crippen molar-refractivity contribution in [3.8, 4) is 0 Å². The van der Waals surface area contributed by atoms with Crippen molar-refractivity contribution in [3.63, 3.8) is 0 Å². The molecule has 0 aliphatic rings. The van der Waals surface area contributed by atoms with Crippen molar-refractivity contribution in [3.05, 3.63) is 23.2 Å². The van der Waals surface area contributed by atoms with E-state index in [-0.39, 0.29) is 6.54 Å². The van der Waals surface area contributed by atoms with Gasteiger partial charge in [-0.3, -0.25) is 4.90 Å². The van der Waals surface area contributed by atoms with E-state index in [0.717, 1.165) is 24.3 Å². The molecule has 116 valence electrons. The maximum Gasteiger partial charge on any atom is 0.401 e. The van der Waals surface area contributed by atoms with Crippen molar-refractivity contribution in [2.24, 2.45) is 0 Å². The third-order valence-electron chi connectivity index (χ3n) is 3.04. The number of aryl methyl sites for hydroxylation is 1. The summed E-state index contributed by atoms with van der Waals surface area (Å²) in [5.74, 6) is 1.36. The zero-order valence-corrected chi connectivity index (χ0v) is 12.3. The van der Waals surface area contributed by atoms with Gasteiger partial charge in [0.25, 0.3) is 0 Å². The molecule has 3 nitrogen and oxygen atoms in total. The second kappa shape index (κ2) is 7.69. The molecule has 0 aromatic carbocycles. The molecule has 0 fully saturated rings. The lowest BCUT2D eigenvalue weighted by Gasteiger charge is -2.20. The van der Waals surface area contributed by atoms with Crippen LogP contribution in [0.25, 0.3) is 0 Å². The van der Waals surface area contributed by atoms with Gasteiger partial charge in [-0.05, 0) is 32.5 Å². The molecule has 0 amide bonds. The summed E-state index contributed by atoms with van der Waals surface area (Å²) in [5.41, 5.74) is 1.01. The average molecular weight is 292 g/mol. The highest BCUT2D eigenvalue weighted by atomic mass is 19.4. The predicted octanol–water partition coefficient (Wildman–Crippen LogP) is 3.47. The van der Waals surface area contributed by atoms with Crippen LogP contribution in [0, 0.1) is 6.92 Å². The third-order valence-corrected chi connectivity index (χ3v) is 3.04. The Hall–Kier alpha value is -1.01. The SMILES string of the molecule is CCCNCc1cc(CN(CC)CC(F)(F)F)oc1C. The summed E-state index contributed by atoms with van der Waals surface area (Å²) in [6.07, 6.45) is -3.14. The second-order valence-corrected chi connectivity index (χ2v) is 4.89. The fourth-order valence-electron chi connectivity index (χ4n) is 1.99. The molecule has 1 rings (SSSR count). The minimum Gasteiger partial charge on any atom is -0.465 e. The molecule has 0 saturated heterocycles. The number of alkyl halides is 3. The van der Waals surface area contributed by atoms with Gasteiger partial charge in [0.15, 0.2) is 0 Å². The minimum atomic E-state index is -4.18. The lowest BCUT2D eigenvalue weighted by molar-refractivity contribution is -0.147. The van der Waals surface area contributed by atoms with Crippen molar-refractivity contribution in [1.29, 1.82) is 0 Å². The number of nitrogens with one attached hydrogen (secondary N) is 1. The Morgan fingerprint density at radius 3 is 2.55 bits per heavy atom. The number of halogens is 3. The summed E-state index contributed by atoms with van der Waals surface area (Å²) in [7, 11) is 0. The van der Waals surface area contributed by atoms with E-state index in [1.54, 1.807) is 6.92 Å². The topological polar surface area (TPSA) is 28.4 Å². The zero-order valence-electron chi connectivity index (χ0n) is 12.3. The number of hydrogen-bond donors (Lipinski definition) is 1. The molecule has 1 N–H and O–H groups in total. The van der Waals surface area contributed by atoms with E-state index in [4.69, 9.17) is 4.42 Å². The highest BCUT2D eigenvalue weighted by molar-refractivity contribution is 5.20. The van der Waals surface area contributed by atoms with Gasteiger partial charge >= 0.3 is 6.18 Å². The van der Waals surface area contributed by atoms with Gasteiger partial charge < -0.3 is 9.73 Å². The van der Waals surface area contributed by atoms with Gasteiger partial charge in [0.05, 0.1) is 13.1 Å². The average Bonchev–Trinajstić information content (AvgIpc) is 2.67. The number of furan rings is 1. The Bertz CT molecular complexity index is 402. The van der Waals surface area contributed by atoms with Crippen LogP contribution < -0.4 is 5.32 Å². The fourth-order valence-corrected chi connectivity index (χ4v) is 1.99. The van der Waals surface area contributed by atoms with Gasteiger partial charge in [-0.15, -0.1) is 0 Å². The van der Waals surface area contributed by atoms with Crippen molar-refractivity contribution in [2.45, 2.75) is 46.5 Å². The molecule has 0 radical (unpaired) electrons. The first-order valence-corrected chi connectivity index (χ1v) is 6.93. The maximum atomic E-state index is 12.4. The van der Waals surface area contributed by atoms with Gasteiger partial charge in [-0.1, -0.05) is 13.8 Å². The normalized spacial score (nSPS) is 12.3. The van der Waals surface area contributed by atoms with Crippen LogP contribution in [0.15, 0.2) is 10.5 Å². The lowest BCUT2D eigenvalue weighted by Crippen LogP contribution is -2.33. The number of nitrogens with zero attached hydrogens (tertiary/aromatic N) is 1. The highest BCUT2D eigenvalue weighted by Gasteiger charge is 2.30. The molecule has 20 heavy (non-hydrogen) atoms. The van der Waals surface area contributed by atoms with E-state index in [2.05, 4.69) is 12.2 Å². The van der Waals surface area contributed by atoms with Crippen molar-refractivity contribution >= 4 is 0 Å². The number of hydrogen-bond acceptors (Lipinski definition) is 3. The first-order chi connectivity index (χ1) is 9.35. The van der Waals surface area contributed by atoms with Gasteiger partial charge in [-0.2, -0.15) is 13.2 Å². The quantitative estimate of drug-likeness (QED) is 0.744. The van der Waals surface area contributed by atoms with Crippen LogP contribution in [0.2, 0.25) is 0 Å². The van der Waals surface area contributed by atoms with Gasteiger partial charge in [0.2, 0.25) is 0 Å². The first kappa shape index (κ1) is 17.0. The molecule has 0 saturated carbocycles. The fraction of sp³-hybridized carbons (Fsp3) is 0.714. The minimum absolute atomic E-state index is 0.185. The standard InChI is InChI=1S/C14H23F3N2O/c1-4-6-18-8-12-7-13(20-11(12)3)9-19(5-2)10-14(15,16)17/h7,18H,4-6,8-10H2,1-3H3. The van der Waals surface area contributed by atoms with E-state index in [1.165, 1.54) is 4.90 Å². The van der Waals surface area contributed by atoms with Crippen molar-refractivity contribution in [2.75, 3.05) is 19.6 Å². The maximum absolute atomic E-state index is 12.4. The van der Waals surface area contributed by atoms with Crippen LogP contribution in [0.3, 0.4) is 0 Å². The molecule has 0 aliphatic carbocycles. The summed E-state index contributed by atoms with van der Waals surface area (Å²) in [6.45, 7) is 6.85. The van der Waals surface area contributed by atoms with E-state index in [0.29, 0.717) is 18.8 Å². The van der Waals surface area contributed by atoms with E-state index < -0.39 is 12.7 Å².